The minimum atomic E-state index is -2.94. The van der Waals surface area contributed by atoms with Gasteiger partial charge in [0.15, 0.2) is 0 Å². The Hall–Kier alpha value is -2.96. The number of halogens is 2. The van der Waals surface area contributed by atoms with Crippen LogP contribution in [0.5, 0.6) is 5.75 Å². The van der Waals surface area contributed by atoms with Crippen LogP contribution in [0.15, 0.2) is 54.6 Å². The molecule has 0 aromatic heterocycles. The Morgan fingerprint density at radius 2 is 1.65 bits per heavy atom. The van der Waals surface area contributed by atoms with E-state index < -0.39 is 18.7 Å². The Morgan fingerprint density at radius 1 is 1.00 bits per heavy atom. The van der Waals surface area contributed by atoms with E-state index in [0.29, 0.717) is 5.56 Å². The molecule has 5 nitrogen and oxygen atoms in total. The van der Waals surface area contributed by atoms with Crippen molar-refractivity contribution in [1.29, 1.82) is 0 Å². The zero-order valence-electron chi connectivity index (χ0n) is 13.7. The number of carbonyl (C=O) groups excluding carboxylic acids is 2. The Kier molecular flexibility index (Phi) is 5.46. The molecule has 0 aliphatic heterocycles. The molecule has 0 heterocycles. The van der Waals surface area contributed by atoms with Gasteiger partial charge in [-0.15, -0.1) is 0 Å². The van der Waals surface area contributed by atoms with Gasteiger partial charge in [0.1, 0.15) is 5.75 Å². The van der Waals surface area contributed by atoms with Crippen LogP contribution < -0.4 is 10.1 Å². The lowest BCUT2D eigenvalue weighted by Crippen LogP contribution is -2.33. The first-order valence-electron chi connectivity index (χ1n) is 8.14. The van der Waals surface area contributed by atoms with Crippen molar-refractivity contribution in [3.63, 3.8) is 0 Å². The van der Waals surface area contributed by atoms with Crippen LogP contribution >= 0.6 is 0 Å². The van der Waals surface area contributed by atoms with Crippen LogP contribution in [0.25, 0.3) is 0 Å². The molecule has 1 aliphatic rings. The van der Waals surface area contributed by atoms with Gasteiger partial charge in [-0.3, -0.25) is 4.79 Å². The summed E-state index contributed by atoms with van der Waals surface area (Å²) in [7, 11) is 0. The highest BCUT2D eigenvalue weighted by molar-refractivity contribution is 5.93. The predicted molar refractivity (Wildman–Crippen MR) is 88.8 cm³/mol. The van der Waals surface area contributed by atoms with Crippen LogP contribution in [0.3, 0.4) is 0 Å². The summed E-state index contributed by atoms with van der Waals surface area (Å²) < 4.78 is 34.0. The van der Waals surface area contributed by atoms with Crippen molar-refractivity contribution in [3.8, 4) is 5.75 Å². The first-order chi connectivity index (χ1) is 12.5. The maximum atomic E-state index is 12.4. The number of benzene rings is 2. The molecule has 1 fully saturated rings. The van der Waals surface area contributed by atoms with E-state index in [9.17, 15) is 18.4 Å². The molecule has 1 amide bonds. The Bertz CT molecular complexity index is 761. The number of alkyl halides is 2. The van der Waals surface area contributed by atoms with Gasteiger partial charge in [0.25, 0.3) is 5.91 Å². The van der Waals surface area contributed by atoms with Crippen LogP contribution in [-0.4, -0.2) is 24.5 Å². The SMILES string of the molecule is O=C(OC(C(=O)NC1CC1)c1ccccc1)c1ccc(OC(F)F)cc1. The Morgan fingerprint density at radius 3 is 2.23 bits per heavy atom. The number of hydrogen-bond donors (Lipinski definition) is 1. The van der Waals surface area contributed by atoms with Crippen molar-refractivity contribution in [1.82, 2.24) is 5.32 Å². The molecule has 0 spiro atoms. The summed E-state index contributed by atoms with van der Waals surface area (Å²) in [6.07, 6.45) is 0.737. The summed E-state index contributed by atoms with van der Waals surface area (Å²) in [5, 5.41) is 2.82. The number of amides is 1. The molecule has 2 aromatic carbocycles. The lowest BCUT2D eigenvalue weighted by atomic mass is 10.1. The number of esters is 1. The zero-order chi connectivity index (χ0) is 18.5. The summed E-state index contributed by atoms with van der Waals surface area (Å²) in [5.74, 6) is -1.18. The largest absolute Gasteiger partial charge is 0.444 e. The molecule has 26 heavy (non-hydrogen) atoms. The number of nitrogens with one attached hydrogen (secondary N) is 1. The van der Waals surface area contributed by atoms with Crippen LogP contribution in [0.2, 0.25) is 0 Å². The topological polar surface area (TPSA) is 64.6 Å². The molecule has 0 radical (unpaired) electrons. The van der Waals surface area contributed by atoms with Gasteiger partial charge in [0, 0.05) is 11.6 Å². The highest BCUT2D eigenvalue weighted by Crippen LogP contribution is 2.24. The highest BCUT2D eigenvalue weighted by atomic mass is 19.3. The van der Waals surface area contributed by atoms with E-state index in [4.69, 9.17) is 4.74 Å². The molecule has 1 saturated carbocycles. The van der Waals surface area contributed by atoms with Gasteiger partial charge in [-0.2, -0.15) is 8.78 Å². The van der Waals surface area contributed by atoms with Gasteiger partial charge in [-0.05, 0) is 37.1 Å². The summed E-state index contributed by atoms with van der Waals surface area (Å²) in [4.78, 5) is 24.8. The smallest absolute Gasteiger partial charge is 0.387 e. The highest BCUT2D eigenvalue weighted by Gasteiger charge is 2.31. The Labute approximate surface area is 148 Å². The van der Waals surface area contributed by atoms with Crippen molar-refractivity contribution in [2.24, 2.45) is 0 Å². The fourth-order valence-electron chi connectivity index (χ4n) is 2.35. The minimum Gasteiger partial charge on any atom is -0.444 e. The third-order valence-corrected chi connectivity index (χ3v) is 3.80. The molecule has 1 unspecified atom stereocenters. The van der Waals surface area contributed by atoms with Crippen LogP contribution in [0, 0.1) is 0 Å². The molecular weight excluding hydrogens is 344 g/mol. The number of rotatable bonds is 7. The molecule has 1 aliphatic carbocycles. The van der Waals surface area contributed by atoms with Gasteiger partial charge in [-0.25, -0.2) is 4.79 Å². The van der Waals surface area contributed by atoms with E-state index in [0.717, 1.165) is 12.8 Å². The summed E-state index contributed by atoms with van der Waals surface area (Å²) >= 11 is 0. The second-order valence-electron chi connectivity index (χ2n) is 5.88. The van der Waals surface area contributed by atoms with Crippen molar-refractivity contribution in [2.45, 2.75) is 31.6 Å². The fraction of sp³-hybridized carbons (Fsp3) is 0.263. The second kappa shape index (κ2) is 7.95. The molecule has 0 saturated heterocycles. The van der Waals surface area contributed by atoms with E-state index in [1.54, 1.807) is 30.3 Å². The molecule has 1 atom stereocenters. The summed E-state index contributed by atoms with van der Waals surface area (Å²) in [5.41, 5.74) is 0.684. The van der Waals surface area contributed by atoms with Crippen molar-refractivity contribution >= 4 is 11.9 Å². The van der Waals surface area contributed by atoms with E-state index in [2.05, 4.69) is 10.1 Å². The average molecular weight is 361 g/mol. The number of carbonyl (C=O) groups is 2. The molecule has 136 valence electrons. The van der Waals surface area contributed by atoms with Crippen molar-refractivity contribution in [2.75, 3.05) is 0 Å². The summed E-state index contributed by atoms with van der Waals surface area (Å²) in [6.45, 7) is -2.94. The molecule has 2 aromatic rings. The van der Waals surface area contributed by atoms with Gasteiger partial charge in [-0.1, -0.05) is 30.3 Å². The normalized spacial score (nSPS) is 14.6. The van der Waals surface area contributed by atoms with Crippen LogP contribution in [-0.2, 0) is 9.53 Å². The molecule has 1 N–H and O–H groups in total. The lowest BCUT2D eigenvalue weighted by molar-refractivity contribution is -0.130. The average Bonchev–Trinajstić information content (AvgIpc) is 3.44. The summed E-state index contributed by atoms with van der Waals surface area (Å²) in [6, 6.07) is 13.9. The molecule has 0 bridgehead atoms. The predicted octanol–water partition coefficient (Wildman–Crippen LogP) is 3.46. The third kappa shape index (κ3) is 4.78. The van der Waals surface area contributed by atoms with Gasteiger partial charge in [0.05, 0.1) is 5.56 Å². The van der Waals surface area contributed by atoms with E-state index >= 15 is 0 Å². The quantitative estimate of drug-likeness (QED) is 0.767. The maximum Gasteiger partial charge on any atom is 0.387 e. The van der Waals surface area contributed by atoms with Gasteiger partial charge in [0.2, 0.25) is 6.10 Å². The van der Waals surface area contributed by atoms with E-state index in [1.165, 1.54) is 24.3 Å². The third-order valence-electron chi connectivity index (χ3n) is 3.80. The standard InChI is InChI=1S/C19H17F2NO4/c20-19(21)25-15-10-6-13(7-11-15)18(24)26-16(12-4-2-1-3-5-12)17(23)22-14-8-9-14/h1-7,10-11,14,16,19H,8-9H2,(H,22,23). The van der Waals surface area contributed by atoms with Crippen molar-refractivity contribution < 1.29 is 27.8 Å². The number of ether oxygens (including phenoxy) is 2. The monoisotopic (exact) mass is 361 g/mol. The fourth-order valence-corrected chi connectivity index (χ4v) is 2.35. The number of hydrogen-bond acceptors (Lipinski definition) is 4. The van der Waals surface area contributed by atoms with Gasteiger partial charge < -0.3 is 14.8 Å². The second-order valence-corrected chi connectivity index (χ2v) is 5.88. The molecule has 7 heteroatoms. The van der Waals surface area contributed by atoms with Gasteiger partial charge >= 0.3 is 12.6 Å². The van der Waals surface area contributed by atoms with Crippen LogP contribution in [0.4, 0.5) is 8.78 Å². The zero-order valence-corrected chi connectivity index (χ0v) is 13.7. The van der Waals surface area contributed by atoms with Crippen LogP contribution in [0.1, 0.15) is 34.9 Å². The lowest BCUT2D eigenvalue weighted by Gasteiger charge is -2.18. The Balaban J connectivity index is 1.73. The first kappa shape index (κ1) is 17.8. The maximum absolute atomic E-state index is 12.4. The van der Waals surface area contributed by atoms with Crippen molar-refractivity contribution in [3.05, 3.63) is 65.7 Å². The first-order valence-corrected chi connectivity index (χ1v) is 8.14. The molecule has 3 rings (SSSR count). The minimum absolute atomic E-state index is 0.0670. The molecular formula is C19H17F2NO4. The van der Waals surface area contributed by atoms with E-state index in [-0.39, 0.29) is 23.3 Å². The van der Waals surface area contributed by atoms with E-state index in [1.807, 2.05) is 0 Å².